The van der Waals surface area contributed by atoms with Crippen LogP contribution in [-0.2, 0) is 0 Å². The summed E-state index contributed by atoms with van der Waals surface area (Å²) in [5.74, 6) is 6.74. The minimum absolute atomic E-state index is 0.657. The van der Waals surface area contributed by atoms with Gasteiger partial charge in [-0.25, -0.2) is 0 Å². The smallest absolute Gasteiger partial charge is 0.136 e. The first kappa shape index (κ1) is 37.9. The Morgan fingerprint density at radius 2 is 0.367 bits per heavy atom. The van der Waals surface area contributed by atoms with Gasteiger partial charge in [0.15, 0.2) is 0 Å². The molecular formula is C50H25Br5O5. The fourth-order valence-corrected chi connectivity index (χ4v) is 9.24. The van der Waals surface area contributed by atoms with Crippen molar-refractivity contribution in [1.82, 2.24) is 0 Å². The Morgan fingerprint density at radius 1 is 0.217 bits per heavy atom. The molecule has 11 aromatic rings. The van der Waals surface area contributed by atoms with E-state index in [2.05, 4.69) is 110 Å². The lowest BCUT2D eigenvalue weighted by Gasteiger charge is -2.17. The van der Waals surface area contributed by atoms with Crippen LogP contribution in [0.15, 0.2) is 174 Å². The molecular weight excluding hydrogens is 1080 g/mol. The Labute approximate surface area is 385 Å². The molecule has 0 aliphatic heterocycles. The summed E-state index contributed by atoms with van der Waals surface area (Å²) < 4.78 is 39.0. The Bertz CT molecular complexity index is 2800. The third kappa shape index (κ3) is 6.79. The standard InChI is InChI=1S/C50H25Br5O5/c51-26-1-11-31(12-2-26)56-41-21-37-43(58-33-15-5-28(53)6-16-33)23-39-45(60-35-19-9-30(55)10-20-35)25-40-44(59-34-17-7-29(54)8-18-34)24-38-42(57-32-13-3-27(52)4-14-32)22-36(41)46-47(37)49(39)50(40)48(38)46/h1-25H. The van der Waals surface area contributed by atoms with E-state index in [1.807, 2.05) is 121 Å². The maximum absolute atomic E-state index is 6.85. The summed E-state index contributed by atoms with van der Waals surface area (Å²) >= 11 is 17.9. The molecule has 0 fully saturated rings. The van der Waals surface area contributed by atoms with E-state index in [0.29, 0.717) is 57.5 Å². The minimum atomic E-state index is 0.657. The van der Waals surface area contributed by atoms with Crippen molar-refractivity contribution in [2.75, 3.05) is 0 Å². The van der Waals surface area contributed by atoms with Crippen LogP contribution < -0.4 is 23.7 Å². The van der Waals surface area contributed by atoms with E-state index in [0.717, 1.165) is 76.2 Å². The van der Waals surface area contributed by atoms with E-state index in [4.69, 9.17) is 23.7 Å². The molecule has 0 saturated heterocycles. The first-order chi connectivity index (χ1) is 29.2. The van der Waals surface area contributed by atoms with Crippen molar-refractivity contribution in [3.8, 4) is 57.5 Å². The lowest BCUT2D eigenvalue weighted by Crippen LogP contribution is -1.92. The lowest BCUT2D eigenvalue weighted by molar-refractivity contribution is 0.480. The quantitative estimate of drug-likeness (QED) is 0.128. The second-order valence-corrected chi connectivity index (χ2v) is 18.8. The van der Waals surface area contributed by atoms with Crippen molar-refractivity contribution >= 4 is 134 Å². The molecule has 0 amide bonds. The molecule has 0 unspecified atom stereocenters. The first-order valence-electron chi connectivity index (χ1n) is 18.7. The number of halogens is 5. The SMILES string of the molecule is Brc1ccc(Oc2cc3c(Oc4ccc(Br)cc4)cc4c(Oc5ccc(Br)cc5)cc5c(Oc6ccc(Br)cc6)cc6c(Oc7ccc(Br)cc7)cc2c2c6c5c4c32)cc1. The molecule has 5 nitrogen and oxygen atoms in total. The first-order valence-corrected chi connectivity index (χ1v) is 22.7. The highest BCUT2D eigenvalue weighted by Crippen LogP contribution is 2.59. The fourth-order valence-electron chi connectivity index (χ4n) is 7.92. The second kappa shape index (κ2) is 15.1. The molecule has 0 aliphatic carbocycles. The predicted octanol–water partition coefficient (Wildman–Crippen LogP) is 18.5. The lowest BCUT2D eigenvalue weighted by atomic mass is 9.97. The van der Waals surface area contributed by atoms with Gasteiger partial charge in [-0.2, -0.15) is 0 Å². The topological polar surface area (TPSA) is 46.2 Å². The summed E-state index contributed by atoms with van der Waals surface area (Å²) in [7, 11) is 0. The monoisotopic (exact) mass is 1100 g/mol. The number of hydrogen-bond donors (Lipinski definition) is 0. The summed E-state index contributed by atoms with van der Waals surface area (Å²) in [6, 6.07) is 49.7. The van der Waals surface area contributed by atoms with Gasteiger partial charge in [0.2, 0.25) is 0 Å². The fraction of sp³-hybridized carbons (Fsp3) is 0. The van der Waals surface area contributed by atoms with Crippen molar-refractivity contribution in [1.29, 1.82) is 0 Å². The third-order valence-corrected chi connectivity index (χ3v) is 13.2. The molecule has 0 aromatic heterocycles. The van der Waals surface area contributed by atoms with Crippen molar-refractivity contribution in [3.05, 3.63) is 174 Å². The average Bonchev–Trinajstić information content (AvgIpc) is 3.61. The van der Waals surface area contributed by atoms with Gasteiger partial charge in [0, 0.05) is 76.2 Å². The maximum Gasteiger partial charge on any atom is 0.136 e. The highest BCUT2D eigenvalue weighted by Gasteiger charge is 2.30. The van der Waals surface area contributed by atoms with Gasteiger partial charge in [-0.05, 0) is 152 Å². The van der Waals surface area contributed by atoms with Crippen molar-refractivity contribution in [3.63, 3.8) is 0 Å². The molecule has 0 aliphatic rings. The second-order valence-electron chi connectivity index (χ2n) is 14.3. The summed E-state index contributed by atoms with van der Waals surface area (Å²) in [5.41, 5.74) is 0. The molecule has 290 valence electrons. The summed E-state index contributed by atoms with van der Waals surface area (Å²) in [4.78, 5) is 0. The van der Waals surface area contributed by atoms with Crippen molar-refractivity contribution < 1.29 is 23.7 Å². The van der Waals surface area contributed by atoms with Gasteiger partial charge in [0.05, 0.1) is 0 Å². The van der Waals surface area contributed by atoms with Crippen LogP contribution in [-0.4, -0.2) is 0 Å². The predicted molar refractivity (Wildman–Crippen MR) is 259 cm³/mol. The third-order valence-electron chi connectivity index (χ3n) is 10.5. The summed E-state index contributed by atoms with van der Waals surface area (Å²) in [6.45, 7) is 0. The van der Waals surface area contributed by atoms with Gasteiger partial charge in [0.1, 0.15) is 57.5 Å². The zero-order valence-electron chi connectivity index (χ0n) is 30.9. The van der Waals surface area contributed by atoms with Gasteiger partial charge in [-0.1, -0.05) is 79.6 Å². The Kier molecular flexibility index (Phi) is 9.54. The maximum atomic E-state index is 6.85. The molecule has 10 heteroatoms. The van der Waals surface area contributed by atoms with Crippen molar-refractivity contribution in [2.24, 2.45) is 0 Å². The van der Waals surface area contributed by atoms with E-state index >= 15 is 0 Å². The zero-order chi connectivity index (χ0) is 40.6. The normalized spacial score (nSPS) is 11.8. The van der Waals surface area contributed by atoms with Gasteiger partial charge >= 0.3 is 0 Å². The van der Waals surface area contributed by atoms with Gasteiger partial charge < -0.3 is 23.7 Å². The highest BCUT2D eigenvalue weighted by atomic mass is 79.9. The molecule has 0 bridgehead atoms. The van der Waals surface area contributed by atoms with Crippen LogP contribution in [0.2, 0.25) is 0 Å². The number of ether oxygens (including phenoxy) is 5. The largest absolute Gasteiger partial charge is 0.457 e. The van der Waals surface area contributed by atoms with Gasteiger partial charge in [-0.15, -0.1) is 0 Å². The highest BCUT2D eigenvalue weighted by molar-refractivity contribution is 9.11. The van der Waals surface area contributed by atoms with Crippen LogP contribution in [0.25, 0.3) is 53.9 Å². The van der Waals surface area contributed by atoms with Crippen LogP contribution >= 0.6 is 79.6 Å². The molecule has 0 radical (unpaired) electrons. The number of hydrogen-bond acceptors (Lipinski definition) is 5. The van der Waals surface area contributed by atoms with Gasteiger partial charge in [-0.3, -0.25) is 0 Å². The van der Waals surface area contributed by atoms with E-state index < -0.39 is 0 Å². The number of rotatable bonds is 10. The van der Waals surface area contributed by atoms with Crippen LogP contribution in [0.3, 0.4) is 0 Å². The average molecular weight is 1110 g/mol. The van der Waals surface area contributed by atoms with Gasteiger partial charge in [0.25, 0.3) is 0 Å². The van der Waals surface area contributed by atoms with E-state index in [-0.39, 0.29) is 0 Å². The molecule has 0 heterocycles. The van der Waals surface area contributed by atoms with Crippen LogP contribution in [0.1, 0.15) is 0 Å². The molecule has 0 N–H and O–H groups in total. The van der Waals surface area contributed by atoms with Crippen molar-refractivity contribution in [2.45, 2.75) is 0 Å². The van der Waals surface area contributed by atoms with Crippen LogP contribution in [0.5, 0.6) is 57.5 Å². The Morgan fingerprint density at radius 3 is 0.517 bits per heavy atom. The summed E-state index contributed by atoms with van der Waals surface area (Å²) in [6.07, 6.45) is 0. The van der Waals surface area contributed by atoms with E-state index in [1.54, 1.807) is 0 Å². The number of benzene rings is 10. The Hall–Kier alpha value is -5.10. The van der Waals surface area contributed by atoms with E-state index in [9.17, 15) is 0 Å². The Balaban J connectivity index is 1.27. The minimum Gasteiger partial charge on any atom is -0.457 e. The molecule has 0 saturated carbocycles. The molecule has 11 rings (SSSR count). The molecule has 0 atom stereocenters. The van der Waals surface area contributed by atoms with E-state index in [1.165, 1.54) is 0 Å². The molecule has 60 heavy (non-hydrogen) atoms. The summed E-state index contributed by atoms with van der Waals surface area (Å²) in [5, 5.41) is 9.59. The van der Waals surface area contributed by atoms with Crippen LogP contribution in [0.4, 0.5) is 0 Å². The molecule has 11 aromatic carbocycles. The molecule has 0 spiro atoms. The zero-order valence-corrected chi connectivity index (χ0v) is 38.8. The van der Waals surface area contributed by atoms with Crippen LogP contribution in [0, 0.1) is 0 Å².